The molecular weight excluding hydrogens is 547 g/mol. The van der Waals surface area contributed by atoms with E-state index >= 15 is 0 Å². The van der Waals surface area contributed by atoms with Crippen LogP contribution in [0.3, 0.4) is 0 Å². The Bertz CT molecular complexity index is 1220. The van der Waals surface area contributed by atoms with Crippen molar-refractivity contribution < 1.29 is 34.2 Å². The largest absolute Gasteiger partial charge is 0.494 e. The standard InChI is InChI=1S/C16H13Cl2NO4.C12H17NO3/c17-11-5-3-6-12(18)16(11)19-13-7-2-1-4-10(13)8-15(22)23-9-14(20)21;1-2-3-8-16-11-6-4-10(5-7-11)9-12(14)13-15/h1-7,19H,8-9H2,(H,20,21);4-7,15H,2-3,8-9H2,1H3,(H,13,14). The van der Waals surface area contributed by atoms with E-state index in [1.54, 1.807) is 47.9 Å². The summed E-state index contributed by atoms with van der Waals surface area (Å²) in [6, 6.07) is 19.5. The first-order chi connectivity index (χ1) is 18.7. The van der Waals surface area contributed by atoms with Gasteiger partial charge < -0.3 is 19.9 Å². The Kier molecular flexibility index (Phi) is 13.6. The molecule has 0 saturated carbocycles. The number of esters is 1. The van der Waals surface area contributed by atoms with Crippen LogP contribution in [0.2, 0.25) is 10.0 Å². The van der Waals surface area contributed by atoms with Gasteiger partial charge in [-0.3, -0.25) is 14.8 Å². The number of hydroxylamine groups is 1. The maximum Gasteiger partial charge on any atom is 0.341 e. The predicted molar refractivity (Wildman–Crippen MR) is 149 cm³/mol. The van der Waals surface area contributed by atoms with Crippen molar-refractivity contribution in [2.24, 2.45) is 0 Å². The van der Waals surface area contributed by atoms with E-state index in [2.05, 4.69) is 17.0 Å². The fraction of sp³-hybridized carbons (Fsp3) is 0.250. The van der Waals surface area contributed by atoms with Gasteiger partial charge >= 0.3 is 11.9 Å². The van der Waals surface area contributed by atoms with E-state index in [1.165, 1.54) is 0 Å². The van der Waals surface area contributed by atoms with Crippen molar-refractivity contribution in [3.05, 3.63) is 87.9 Å². The smallest absolute Gasteiger partial charge is 0.341 e. The van der Waals surface area contributed by atoms with Crippen molar-refractivity contribution in [1.82, 2.24) is 5.48 Å². The average Bonchev–Trinajstić information content (AvgIpc) is 2.92. The van der Waals surface area contributed by atoms with Gasteiger partial charge in [0, 0.05) is 5.69 Å². The molecule has 0 aromatic heterocycles. The highest BCUT2D eigenvalue weighted by Gasteiger charge is 2.13. The third kappa shape index (κ3) is 11.6. The molecule has 0 aliphatic heterocycles. The average molecular weight is 577 g/mol. The zero-order valence-corrected chi connectivity index (χ0v) is 22.8. The summed E-state index contributed by atoms with van der Waals surface area (Å²) in [6.07, 6.45) is 2.24. The Balaban J connectivity index is 0.000000293. The van der Waals surface area contributed by atoms with Crippen molar-refractivity contribution in [2.75, 3.05) is 18.5 Å². The Morgan fingerprint density at radius 2 is 1.56 bits per heavy atom. The van der Waals surface area contributed by atoms with Crippen LogP contribution in [0.5, 0.6) is 5.75 Å². The number of hydrogen-bond acceptors (Lipinski definition) is 7. The van der Waals surface area contributed by atoms with Gasteiger partial charge in [0.2, 0.25) is 5.91 Å². The molecule has 0 unspecified atom stereocenters. The summed E-state index contributed by atoms with van der Waals surface area (Å²) in [5, 5.41) is 20.9. The van der Waals surface area contributed by atoms with Gasteiger partial charge in [-0.25, -0.2) is 10.3 Å². The molecule has 4 N–H and O–H groups in total. The lowest BCUT2D eigenvalue weighted by Crippen LogP contribution is -2.20. The van der Waals surface area contributed by atoms with Crippen LogP contribution in [0.25, 0.3) is 0 Å². The van der Waals surface area contributed by atoms with Crippen molar-refractivity contribution in [3.63, 3.8) is 0 Å². The van der Waals surface area contributed by atoms with Crippen LogP contribution in [0.4, 0.5) is 11.4 Å². The monoisotopic (exact) mass is 576 g/mol. The van der Waals surface area contributed by atoms with Crippen LogP contribution in [-0.4, -0.2) is 41.4 Å². The highest BCUT2D eigenvalue weighted by molar-refractivity contribution is 6.39. The second kappa shape index (κ2) is 16.9. The molecule has 0 bridgehead atoms. The van der Waals surface area contributed by atoms with E-state index in [4.69, 9.17) is 38.3 Å². The molecule has 11 heteroatoms. The molecule has 0 aliphatic rings. The molecule has 1 amide bonds. The topological polar surface area (TPSA) is 134 Å². The van der Waals surface area contributed by atoms with Crippen molar-refractivity contribution >= 4 is 52.4 Å². The molecule has 3 aromatic carbocycles. The van der Waals surface area contributed by atoms with Gasteiger partial charge in [0.25, 0.3) is 0 Å². The lowest BCUT2D eigenvalue weighted by molar-refractivity contribution is -0.154. The third-order valence-electron chi connectivity index (χ3n) is 5.11. The SMILES string of the molecule is CCCCOc1ccc(CC(=O)NO)cc1.O=C(O)COC(=O)Cc1ccccc1Nc1c(Cl)cccc1Cl. The minimum atomic E-state index is -1.20. The molecule has 0 saturated heterocycles. The van der Waals surface area contributed by atoms with Gasteiger partial charge in [-0.15, -0.1) is 0 Å². The zero-order chi connectivity index (χ0) is 28.6. The Hall–Kier alpha value is -3.79. The molecule has 0 heterocycles. The van der Waals surface area contributed by atoms with E-state index < -0.39 is 24.5 Å². The van der Waals surface area contributed by atoms with Crippen molar-refractivity contribution in [2.45, 2.75) is 32.6 Å². The summed E-state index contributed by atoms with van der Waals surface area (Å²) in [5.41, 5.74) is 4.24. The predicted octanol–water partition coefficient (Wildman–Crippen LogP) is 5.82. The maximum atomic E-state index is 11.7. The van der Waals surface area contributed by atoms with Crippen molar-refractivity contribution in [3.8, 4) is 5.75 Å². The molecular formula is C28H30Cl2N2O7. The minimum absolute atomic E-state index is 0.0709. The molecule has 0 fully saturated rings. The Morgan fingerprint density at radius 1 is 0.897 bits per heavy atom. The number of aliphatic carboxylic acids is 1. The number of anilines is 2. The number of carbonyl (C=O) groups is 3. The van der Waals surface area contributed by atoms with Crippen molar-refractivity contribution in [1.29, 1.82) is 0 Å². The first kappa shape index (κ1) is 31.4. The normalized spacial score (nSPS) is 10.1. The summed E-state index contributed by atoms with van der Waals surface area (Å²) >= 11 is 12.2. The number of ether oxygens (including phenoxy) is 2. The highest BCUT2D eigenvalue weighted by atomic mass is 35.5. The highest BCUT2D eigenvalue weighted by Crippen LogP contribution is 2.33. The van der Waals surface area contributed by atoms with Crippen LogP contribution in [0.15, 0.2) is 66.7 Å². The van der Waals surface area contributed by atoms with Gasteiger partial charge in [-0.05, 0) is 47.9 Å². The molecule has 0 spiro atoms. The quantitative estimate of drug-likeness (QED) is 0.0916. The van der Waals surface area contributed by atoms with Crippen LogP contribution in [0, 0.1) is 0 Å². The molecule has 208 valence electrons. The third-order valence-corrected chi connectivity index (χ3v) is 5.74. The van der Waals surface area contributed by atoms with Crippen LogP contribution < -0.4 is 15.5 Å². The van der Waals surface area contributed by atoms with E-state index in [0.29, 0.717) is 33.6 Å². The van der Waals surface area contributed by atoms with Crippen LogP contribution in [0.1, 0.15) is 30.9 Å². The lowest BCUT2D eigenvalue weighted by atomic mass is 10.1. The number of rotatable bonds is 12. The molecule has 3 aromatic rings. The molecule has 0 atom stereocenters. The maximum absolute atomic E-state index is 11.7. The fourth-order valence-corrected chi connectivity index (χ4v) is 3.65. The van der Waals surface area contributed by atoms with E-state index in [-0.39, 0.29) is 12.8 Å². The number of carboxylic acids is 1. The van der Waals surface area contributed by atoms with Gasteiger partial charge in [0.1, 0.15) is 5.75 Å². The molecule has 0 radical (unpaired) electrons. The summed E-state index contributed by atoms with van der Waals surface area (Å²) in [5.74, 6) is -1.44. The second-order valence-corrected chi connectivity index (χ2v) is 8.98. The summed E-state index contributed by atoms with van der Waals surface area (Å²) in [6.45, 7) is 2.16. The number of halogens is 2. The molecule has 3 rings (SSSR count). The number of para-hydroxylation sites is 2. The Labute approximate surface area is 236 Å². The number of benzene rings is 3. The van der Waals surface area contributed by atoms with E-state index in [9.17, 15) is 14.4 Å². The first-order valence-corrected chi connectivity index (χ1v) is 12.8. The van der Waals surface area contributed by atoms with Gasteiger partial charge in [-0.1, -0.05) is 72.9 Å². The van der Waals surface area contributed by atoms with Gasteiger partial charge in [0.15, 0.2) is 6.61 Å². The van der Waals surface area contributed by atoms with Crippen LogP contribution in [-0.2, 0) is 32.0 Å². The lowest BCUT2D eigenvalue weighted by Gasteiger charge is -2.14. The summed E-state index contributed by atoms with van der Waals surface area (Å²) in [4.78, 5) is 33.0. The summed E-state index contributed by atoms with van der Waals surface area (Å²) < 4.78 is 10.1. The number of carbonyl (C=O) groups excluding carboxylic acids is 2. The molecule has 39 heavy (non-hydrogen) atoms. The van der Waals surface area contributed by atoms with Gasteiger partial charge in [-0.2, -0.15) is 0 Å². The number of nitrogens with one attached hydrogen (secondary N) is 2. The number of amides is 1. The van der Waals surface area contributed by atoms with E-state index in [1.807, 2.05) is 24.3 Å². The minimum Gasteiger partial charge on any atom is -0.494 e. The fourth-order valence-electron chi connectivity index (χ4n) is 3.16. The van der Waals surface area contributed by atoms with Gasteiger partial charge in [0.05, 0.1) is 35.2 Å². The number of hydrogen-bond donors (Lipinski definition) is 4. The molecule has 9 nitrogen and oxygen atoms in total. The van der Waals surface area contributed by atoms with E-state index in [0.717, 1.165) is 24.2 Å². The summed E-state index contributed by atoms with van der Waals surface area (Å²) in [7, 11) is 0. The zero-order valence-electron chi connectivity index (χ0n) is 21.3. The Morgan fingerprint density at radius 3 is 2.18 bits per heavy atom. The number of carboxylic acid groups (broad SMARTS) is 1. The van der Waals surface area contributed by atoms with Crippen LogP contribution >= 0.6 is 23.2 Å². The first-order valence-electron chi connectivity index (χ1n) is 12.0. The molecule has 0 aliphatic carbocycles. The number of unbranched alkanes of at least 4 members (excludes halogenated alkanes) is 1. The second-order valence-electron chi connectivity index (χ2n) is 8.17.